The molecule has 1 rings (SSSR count). The number of halogens is 1. The minimum Gasteiger partial charge on any atom is -0.465 e. The van der Waals surface area contributed by atoms with E-state index in [9.17, 15) is 9.59 Å². The van der Waals surface area contributed by atoms with Crippen LogP contribution in [-0.4, -0.2) is 23.1 Å². The molecule has 0 radical (unpaired) electrons. The summed E-state index contributed by atoms with van der Waals surface area (Å²) in [6.45, 7) is 1.81. The maximum absolute atomic E-state index is 11.2. The maximum Gasteiger partial charge on any atom is 0.411 e. The molecule has 2 amide bonds. The monoisotopic (exact) mass is 300 g/mol. The van der Waals surface area contributed by atoms with Gasteiger partial charge in [0.25, 0.3) is 0 Å². The van der Waals surface area contributed by atoms with Crippen LogP contribution in [0.2, 0.25) is 0 Å². The molecule has 1 aromatic carbocycles. The molecule has 1 aromatic rings. The molecule has 1 unspecified atom stereocenters. The van der Waals surface area contributed by atoms with Crippen LogP contribution in [0.25, 0.3) is 0 Å². The Morgan fingerprint density at radius 1 is 1.35 bits per heavy atom. The summed E-state index contributed by atoms with van der Waals surface area (Å²) in [5.41, 5.74) is 0.879. The van der Waals surface area contributed by atoms with Crippen LogP contribution in [0.15, 0.2) is 28.7 Å². The number of nitrogens with one attached hydrogen (secondary N) is 2. The minimum atomic E-state index is -1.33. The van der Waals surface area contributed by atoms with E-state index in [2.05, 4.69) is 21.2 Å². The van der Waals surface area contributed by atoms with E-state index in [1.807, 2.05) is 31.2 Å². The number of rotatable bonds is 4. The highest BCUT2D eigenvalue weighted by atomic mass is 79.9. The predicted octanol–water partition coefficient (Wildman–Crippen LogP) is 2.43. The summed E-state index contributed by atoms with van der Waals surface area (Å²) in [7, 11) is 0. The standard InChI is InChI=1S/C11H13BrN2O3/c1-7(6-10(15)14-11(16)17)13-9-4-2-8(12)3-5-9/h2-5,7,13H,6H2,1H3,(H,14,15)(H,16,17). The first kappa shape index (κ1) is 13.5. The van der Waals surface area contributed by atoms with Gasteiger partial charge in [-0.15, -0.1) is 0 Å². The SMILES string of the molecule is CC(CC(=O)NC(=O)O)Nc1ccc(Br)cc1. The highest BCUT2D eigenvalue weighted by Crippen LogP contribution is 2.15. The summed E-state index contributed by atoms with van der Waals surface area (Å²) >= 11 is 3.32. The van der Waals surface area contributed by atoms with Crippen LogP contribution in [0.4, 0.5) is 10.5 Å². The van der Waals surface area contributed by atoms with E-state index in [1.54, 1.807) is 5.32 Å². The third-order valence-electron chi connectivity index (χ3n) is 2.00. The quantitative estimate of drug-likeness (QED) is 0.798. The molecule has 0 bridgehead atoms. The number of hydrogen-bond donors (Lipinski definition) is 3. The van der Waals surface area contributed by atoms with Crippen LogP contribution in [-0.2, 0) is 4.79 Å². The van der Waals surface area contributed by atoms with Crippen molar-refractivity contribution in [3.63, 3.8) is 0 Å². The zero-order valence-corrected chi connectivity index (χ0v) is 10.8. The summed E-state index contributed by atoms with van der Waals surface area (Å²) < 4.78 is 0.972. The second-order valence-corrected chi connectivity index (χ2v) is 4.53. The van der Waals surface area contributed by atoms with Crippen molar-refractivity contribution in [1.29, 1.82) is 0 Å². The van der Waals surface area contributed by atoms with Crippen LogP contribution < -0.4 is 10.6 Å². The van der Waals surface area contributed by atoms with Crippen molar-refractivity contribution in [1.82, 2.24) is 5.32 Å². The molecule has 92 valence electrons. The van der Waals surface area contributed by atoms with Crippen molar-refractivity contribution in [3.05, 3.63) is 28.7 Å². The fourth-order valence-electron chi connectivity index (χ4n) is 1.33. The molecule has 0 aliphatic carbocycles. The molecule has 0 fully saturated rings. The van der Waals surface area contributed by atoms with E-state index in [1.165, 1.54) is 0 Å². The Morgan fingerprint density at radius 2 is 1.94 bits per heavy atom. The zero-order chi connectivity index (χ0) is 12.8. The van der Waals surface area contributed by atoms with Crippen molar-refractivity contribution < 1.29 is 14.7 Å². The molecule has 5 nitrogen and oxygen atoms in total. The normalized spacial score (nSPS) is 11.6. The van der Waals surface area contributed by atoms with Gasteiger partial charge in [0.1, 0.15) is 0 Å². The average molecular weight is 301 g/mol. The van der Waals surface area contributed by atoms with Crippen LogP contribution in [0, 0.1) is 0 Å². The Balaban J connectivity index is 2.44. The average Bonchev–Trinajstić information content (AvgIpc) is 2.19. The molecule has 3 N–H and O–H groups in total. The Bertz CT molecular complexity index is 406. The van der Waals surface area contributed by atoms with Gasteiger partial charge in [0.2, 0.25) is 5.91 Å². The van der Waals surface area contributed by atoms with Gasteiger partial charge >= 0.3 is 6.09 Å². The number of carbonyl (C=O) groups is 2. The largest absolute Gasteiger partial charge is 0.465 e. The number of imide groups is 1. The van der Waals surface area contributed by atoms with Crippen LogP contribution in [0.5, 0.6) is 0 Å². The highest BCUT2D eigenvalue weighted by molar-refractivity contribution is 9.10. The lowest BCUT2D eigenvalue weighted by Crippen LogP contribution is -2.32. The molecular weight excluding hydrogens is 288 g/mol. The third-order valence-corrected chi connectivity index (χ3v) is 2.52. The summed E-state index contributed by atoms with van der Waals surface area (Å²) in [6.07, 6.45) is -1.23. The van der Waals surface area contributed by atoms with Gasteiger partial charge in [-0.3, -0.25) is 10.1 Å². The van der Waals surface area contributed by atoms with Crippen molar-refractivity contribution in [2.75, 3.05) is 5.32 Å². The topological polar surface area (TPSA) is 78.4 Å². The van der Waals surface area contributed by atoms with E-state index < -0.39 is 12.0 Å². The van der Waals surface area contributed by atoms with Gasteiger partial charge in [-0.25, -0.2) is 4.79 Å². The van der Waals surface area contributed by atoms with Gasteiger partial charge in [-0.1, -0.05) is 15.9 Å². The molecule has 0 heterocycles. The Kier molecular flexibility index (Phi) is 4.96. The van der Waals surface area contributed by atoms with Crippen molar-refractivity contribution in [2.45, 2.75) is 19.4 Å². The molecule has 1 atom stereocenters. The van der Waals surface area contributed by atoms with Gasteiger partial charge in [0.15, 0.2) is 0 Å². The first-order valence-electron chi connectivity index (χ1n) is 5.02. The van der Waals surface area contributed by atoms with Crippen LogP contribution in [0.1, 0.15) is 13.3 Å². The van der Waals surface area contributed by atoms with Gasteiger partial charge in [-0.2, -0.15) is 0 Å². The molecule has 0 aliphatic rings. The van der Waals surface area contributed by atoms with E-state index in [-0.39, 0.29) is 12.5 Å². The number of carbonyl (C=O) groups excluding carboxylic acids is 1. The lowest BCUT2D eigenvalue weighted by molar-refractivity contribution is -0.120. The minimum absolute atomic E-state index is 0.0996. The molecule has 0 saturated carbocycles. The van der Waals surface area contributed by atoms with Gasteiger partial charge in [-0.05, 0) is 31.2 Å². The van der Waals surface area contributed by atoms with Crippen LogP contribution in [0.3, 0.4) is 0 Å². The van der Waals surface area contributed by atoms with Crippen molar-refractivity contribution in [2.24, 2.45) is 0 Å². The first-order valence-corrected chi connectivity index (χ1v) is 5.81. The van der Waals surface area contributed by atoms with Crippen molar-refractivity contribution in [3.8, 4) is 0 Å². The third kappa shape index (κ3) is 5.35. The summed E-state index contributed by atoms with van der Waals surface area (Å²) in [6, 6.07) is 7.36. The molecule has 0 aliphatic heterocycles. The maximum atomic E-state index is 11.2. The van der Waals surface area contributed by atoms with Gasteiger partial charge in [0.05, 0.1) is 0 Å². The Labute approximate surface area is 107 Å². The number of hydrogen-bond acceptors (Lipinski definition) is 3. The van der Waals surface area contributed by atoms with E-state index >= 15 is 0 Å². The summed E-state index contributed by atoms with van der Waals surface area (Å²) in [5.74, 6) is -0.519. The van der Waals surface area contributed by atoms with Crippen LogP contribution >= 0.6 is 15.9 Å². The van der Waals surface area contributed by atoms with Gasteiger partial charge in [0, 0.05) is 22.6 Å². The van der Waals surface area contributed by atoms with Crippen molar-refractivity contribution >= 4 is 33.6 Å². The highest BCUT2D eigenvalue weighted by Gasteiger charge is 2.10. The fourth-order valence-corrected chi connectivity index (χ4v) is 1.59. The molecule has 0 saturated heterocycles. The van der Waals surface area contributed by atoms with E-state index in [0.29, 0.717) is 0 Å². The molecular formula is C11H13BrN2O3. The predicted molar refractivity (Wildman–Crippen MR) is 68.0 cm³/mol. The number of carboxylic acid groups (broad SMARTS) is 1. The van der Waals surface area contributed by atoms with E-state index in [0.717, 1.165) is 10.2 Å². The Hall–Kier alpha value is -1.56. The Morgan fingerprint density at radius 3 is 2.47 bits per heavy atom. The summed E-state index contributed by atoms with van der Waals surface area (Å²) in [4.78, 5) is 21.4. The summed E-state index contributed by atoms with van der Waals surface area (Å²) in [5, 5.41) is 13.3. The number of anilines is 1. The van der Waals surface area contributed by atoms with E-state index in [4.69, 9.17) is 5.11 Å². The lowest BCUT2D eigenvalue weighted by Gasteiger charge is -2.14. The molecule has 17 heavy (non-hydrogen) atoms. The number of amides is 2. The molecule has 0 spiro atoms. The first-order chi connectivity index (χ1) is 7.97. The number of benzene rings is 1. The molecule has 6 heteroatoms. The lowest BCUT2D eigenvalue weighted by atomic mass is 10.2. The van der Waals surface area contributed by atoms with Gasteiger partial charge < -0.3 is 10.4 Å². The fraction of sp³-hybridized carbons (Fsp3) is 0.273. The zero-order valence-electron chi connectivity index (χ0n) is 9.24. The second kappa shape index (κ2) is 6.24. The smallest absolute Gasteiger partial charge is 0.411 e. The second-order valence-electron chi connectivity index (χ2n) is 3.61. The molecule has 0 aromatic heterocycles.